The highest BCUT2D eigenvalue weighted by Crippen LogP contribution is 2.18. The summed E-state index contributed by atoms with van der Waals surface area (Å²) in [4.78, 5) is 10.9. The number of methoxy groups -OCH3 is 1. The number of aldehydes is 1. The maximum Gasteiger partial charge on any atom is 0.150 e. The van der Waals surface area contributed by atoms with Crippen molar-refractivity contribution in [2.75, 3.05) is 7.11 Å². The Kier molecular flexibility index (Phi) is 4.18. The van der Waals surface area contributed by atoms with Gasteiger partial charge in [0.05, 0.1) is 7.11 Å². The Bertz CT molecular complexity index is 559. The third-order valence-electron chi connectivity index (χ3n) is 2.94. The molecule has 2 rings (SSSR count). The second-order valence-corrected chi connectivity index (χ2v) is 4.27. The average molecular weight is 256 g/mol. The van der Waals surface area contributed by atoms with Gasteiger partial charge in [0.1, 0.15) is 24.4 Å². The number of carbonyl (C=O) groups is 1. The average Bonchev–Trinajstić information content (AvgIpc) is 2.47. The molecule has 3 heteroatoms. The summed E-state index contributed by atoms with van der Waals surface area (Å²) in [6, 6.07) is 13.2. The smallest absolute Gasteiger partial charge is 0.150 e. The number of ether oxygens (including phenoxy) is 2. The van der Waals surface area contributed by atoms with Gasteiger partial charge in [0.15, 0.2) is 0 Å². The zero-order valence-electron chi connectivity index (χ0n) is 11.1. The molecular weight excluding hydrogens is 240 g/mol. The van der Waals surface area contributed by atoms with Crippen molar-refractivity contribution < 1.29 is 14.3 Å². The molecule has 2 aromatic rings. The minimum atomic E-state index is 0.464. The van der Waals surface area contributed by atoms with E-state index in [1.54, 1.807) is 13.2 Å². The molecule has 0 saturated carbocycles. The lowest BCUT2D eigenvalue weighted by Gasteiger charge is -2.08. The van der Waals surface area contributed by atoms with Crippen LogP contribution in [0.1, 0.15) is 21.5 Å². The first-order valence-electron chi connectivity index (χ1n) is 6.04. The minimum absolute atomic E-state index is 0.464. The molecular formula is C16H16O3. The molecule has 98 valence electrons. The molecule has 0 aliphatic carbocycles. The zero-order valence-corrected chi connectivity index (χ0v) is 11.1. The highest BCUT2D eigenvalue weighted by molar-refractivity contribution is 5.77. The summed E-state index contributed by atoms with van der Waals surface area (Å²) in [6.07, 6.45) is 0.843. The standard InChI is InChI=1S/C16H16O3/c1-12-3-6-16(9-14(12)10-17)19-11-13-4-7-15(18-2)8-5-13/h3-10H,11H2,1-2H3. The van der Waals surface area contributed by atoms with Gasteiger partial charge in [-0.3, -0.25) is 4.79 Å². The van der Waals surface area contributed by atoms with E-state index < -0.39 is 0 Å². The van der Waals surface area contributed by atoms with Crippen LogP contribution in [0, 0.1) is 6.92 Å². The maximum atomic E-state index is 10.9. The number of aryl methyl sites for hydroxylation is 1. The van der Waals surface area contributed by atoms with Crippen molar-refractivity contribution in [3.63, 3.8) is 0 Å². The number of hydrogen-bond acceptors (Lipinski definition) is 3. The van der Waals surface area contributed by atoms with Crippen LogP contribution < -0.4 is 9.47 Å². The molecule has 0 atom stereocenters. The van der Waals surface area contributed by atoms with Crippen molar-refractivity contribution in [3.05, 3.63) is 59.2 Å². The largest absolute Gasteiger partial charge is 0.497 e. The lowest BCUT2D eigenvalue weighted by atomic mass is 10.1. The topological polar surface area (TPSA) is 35.5 Å². The summed E-state index contributed by atoms with van der Waals surface area (Å²) in [5, 5.41) is 0. The van der Waals surface area contributed by atoms with Crippen molar-refractivity contribution in [3.8, 4) is 11.5 Å². The van der Waals surface area contributed by atoms with Gasteiger partial charge in [-0.05, 0) is 42.3 Å². The number of carbonyl (C=O) groups excluding carboxylic acids is 1. The van der Waals surface area contributed by atoms with Gasteiger partial charge in [0.25, 0.3) is 0 Å². The predicted molar refractivity (Wildman–Crippen MR) is 73.9 cm³/mol. The third-order valence-corrected chi connectivity index (χ3v) is 2.94. The Morgan fingerprint density at radius 3 is 2.37 bits per heavy atom. The van der Waals surface area contributed by atoms with Crippen LogP contribution >= 0.6 is 0 Å². The van der Waals surface area contributed by atoms with E-state index in [4.69, 9.17) is 9.47 Å². The number of hydrogen-bond donors (Lipinski definition) is 0. The molecule has 0 aromatic heterocycles. The summed E-state index contributed by atoms with van der Waals surface area (Å²) in [5.41, 5.74) is 2.66. The molecule has 0 amide bonds. The Hall–Kier alpha value is -2.29. The first kappa shape index (κ1) is 13.1. The van der Waals surface area contributed by atoms with Gasteiger partial charge in [0, 0.05) is 5.56 Å². The molecule has 0 saturated heterocycles. The molecule has 0 fully saturated rings. The second kappa shape index (κ2) is 6.05. The van der Waals surface area contributed by atoms with E-state index >= 15 is 0 Å². The first-order chi connectivity index (χ1) is 9.22. The molecule has 0 radical (unpaired) electrons. The van der Waals surface area contributed by atoms with Gasteiger partial charge >= 0.3 is 0 Å². The Balaban J connectivity index is 2.03. The molecule has 3 nitrogen and oxygen atoms in total. The van der Waals surface area contributed by atoms with Crippen molar-refractivity contribution in [1.82, 2.24) is 0 Å². The quantitative estimate of drug-likeness (QED) is 0.769. The van der Waals surface area contributed by atoms with Crippen LogP contribution in [0.5, 0.6) is 11.5 Å². The van der Waals surface area contributed by atoms with E-state index in [0.29, 0.717) is 17.9 Å². The highest BCUT2D eigenvalue weighted by Gasteiger charge is 2.01. The third kappa shape index (κ3) is 3.35. The number of rotatable bonds is 5. The van der Waals surface area contributed by atoms with Gasteiger partial charge in [-0.2, -0.15) is 0 Å². The van der Waals surface area contributed by atoms with Crippen molar-refractivity contribution in [1.29, 1.82) is 0 Å². The van der Waals surface area contributed by atoms with Crippen LogP contribution in [0.4, 0.5) is 0 Å². The summed E-state index contributed by atoms with van der Waals surface area (Å²) in [6.45, 7) is 2.36. The normalized spacial score (nSPS) is 10.0. The van der Waals surface area contributed by atoms with Crippen LogP contribution in [0.25, 0.3) is 0 Å². The zero-order chi connectivity index (χ0) is 13.7. The summed E-state index contributed by atoms with van der Waals surface area (Å²) in [7, 11) is 1.64. The van der Waals surface area contributed by atoms with E-state index in [1.165, 1.54) is 0 Å². The van der Waals surface area contributed by atoms with Crippen molar-refractivity contribution in [2.45, 2.75) is 13.5 Å². The van der Waals surface area contributed by atoms with Gasteiger partial charge < -0.3 is 9.47 Å². The molecule has 0 aliphatic rings. The Labute approximate surface area is 112 Å². The predicted octanol–water partition coefficient (Wildman–Crippen LogP) is 3.40. The summed E-state index contributed by atoms with van der Waals surface area (Å²) in [5.74, 6) is 1.52. The van der Waals surface area contributed by atoms with Crippen LogP contribution in [0.3, 0.4) is 0 Å². The Morgan fingerprint density at radius 2 is 1.74 bits per heavy atom. The lowest BCUT2D eigenvalue weighted by molar-refractivity contribution is 0.112. The van der Waals surface area contributed by atoms with E-state index in [9.17, 15) is 4.79 Å². The fourth-order valence-electron chi connectivity index (χ4n) is 1.72. The molecule has 0 heterocycles. The second-order valence-electron chi connectivity index (χ2n) is 4.27. The molecule has 0 aliphatic heterocycles. The van der Waals surface area contributed by atoms with Gasteiger partial charge in [0.2, 0.25) is 0 Å². The van der Waals surface area contributed by atoms with Gasteiger partial charge in [-0.25, -0.2) is 0 Å². The van der Waals surface area contributed by atoms with Crippen LogP contribution in [-0.2, 0) is 6.61 Å². The SMILES string of the molecule is COc1ccc(COc2ccc(C)c(C=O)c2)cc1. The van der Waals surface area contributed by atoms with Crippen molar-refractivity contribution >= 4 is 6.29 Å². The molecule has 0 unspecified atom stereocenters. The molecule has 19 heavy (non-hydrogen) atoms. The van der Waals surface area contributed by atoms with Crippen LogP contribution in [0.2, 0.25) is 0 Å². The highest BCUT2D eigenvalue weighted by atomic mass is 16.5. The Morgan fingerprint density at radius 1 is 1.05 bits per heavy atom. The minimum Gasteiger partial charge on any atom is -0.497 e. The van der Waals surface area contributed by atoms with E-state index in [-0.39, 0.29) is 0 Å². The molecule has 2 aromatic carbocycles. The fourth-order valence-corrected chi connectivity index (χ4v) is 1.72. The summed E-state index contributed by atoms with van der Waals surface area (Å²) < 4.78 is 10.8. The monoisotopic (exact) mass is 256 g/mol. The fraction of sp³-hybridized carbons (Fsp3) is 0.188. The van der Waals surface area contributed by atoms with E-state index in [0.717, 1.165) is 23.2 Å². The molecule has 0 bridgehead atoms. The van der Waals surface area contributed by atoms with E-state index in [1.807, 2.05) is 43.3 Å². The van der Waals surface area contributed by atoms with Crippen LogP contribution in [0.15, 0.2) is 42.5 Å². The van der Waals surface area contributed by atoms with Gasteiger partial charge in [-0.1, -0.05) is 18.2 Å². The molecule has 0 N–H and O–H groups in total. The van der Waals surface area contributed by atoms with Crippen molar-refractivity contribution in [2.24, 2.45) is 0 Å². The first-order valence-corrected chi connectivity index (χ1v) is 6.04. The number of benzene rings is 2. The van der Waals surface area contributed by atoms with E-state index in [2.05, 4.69) is 0 Å². The maximum absolute atomic E-state index is 10.9. The van der Waals surface area contributed by atoms with Crippen LogP contribution in [-0.4, -0.2) is 13.4 Å². The van der Waals surface area contributed by atoms with Gasteiger partial charge in [-0.15, -0.1) is 0 Å². The summed E-state index contributed by atoms with van der Waals surface area (Å²) >= 11 is 0. The molecule has 0 spiro atoms. The lowest BCUT2D eigenvalue weighted by Crippen LogP contribution is -1.97.